The van der Waals surface area contributed by atoms with E-state index in [0.717, 1.165) is 31.1 Å². The minimum atomic E-state index is -2.26. The standard InChI is InChI=1S/C23H38F2N4O/c1-17(2)15-30-20-8-6-18(7-9-20)23(3,4)16-27-22(26-5)28-19-10-12-29(13-11-19)14-21(24)25/h6-9,17,19,21H,10-16H2,1-5H3,(H2,26,27,28). The molecule has 0 spiro atoms. The highest BCUT2D eigenvalue weighted by atomic mass is 19.3. The van der Waals surface area contributed by atoms with Gasteiger partial charge in [0.15, 0.2) is 5.96 Å². The summed E-state index contributed by atoms with van der Waals surface area (Å²) in [5, 5.41) is 6.87. The summed E-state index contributed by atoms with van der Waals surface area (Å²) in [7, 11) is 1.76. The Hall–Kier alpha value is -1.89. The molecule has 2 rings (SSSR count). The molecule has 30 heavy (non-hydrogen) atoms. The average Bonchev–Trinajstić information content (AvgIpc) is 2.70. The predicted molar refractivity (Wildman–Crippen MR) is 120 cm³/mol. The molecule has 1 aromatic carbocycles. The topological polar surface area (TPSA) is 48.9 Å². The Labute approximate surface area is 180 Å². The van der Waals surface area contributed by atoms with E-state index in [-0.39, 0.29) is 18.0 Å². The van der Waals surface area contributed by atoms with Crippen LogP contribution in [0.5, 0.6) is 5.75 Å². The van der Waals surface area contributed by atoms with Crippen molar-refractivity contribution in [2.75, 3.05) is 39.8 Å². The van der Waals surface area contributed by atoms with E-state index in [9.17, 15) is 8.78 Å². The van der Waals surface area contributed by atoms with Gasteiger partial charge in [-0.2, -0.15) is 0 Å². The van der Waals surface area contributed by atoms with Crippen molar-refractivity contribution in [1.82, 2.24) is 15.5 Å². The number of piperidine rings is 1. The van der Waals surface area contributed by atoms with Crippen LogP contribution in [0, 0.1) is 5.92 Å². The molecule has 0 aliphatic carbocycles. The van der Waals surface area contributed by atoms with E-state index in [0.29, 0.717) is 25.6 Å². The van der Waals surface area contributed by atoms with Crippen LogP contribution >= 0.6 is 0 Å². The van der Waals surface area contributed by atoms with Gasteiger partial charge < -0.3 is 15.4 Å². The summed E-state index contributed by atoms with van der Waals surface area (Å²) in [6, 6.07) is 8.54. The third kappa shape index (κ3) is 8.09. The number of alkyl halides is 2. The maximum atomic E-state index is 12.5. The zero-order valence-corrected chi connectivity index (χ0v) is 19.0. The lowest BCUT2D eigenvalue weighted by molar-refractivity contribution is 0.0744. The third-order valence-electron chi connectivity index (χ3n) is 5.47. The van der Waals surface area contributed by atoms with Crippen molar-refractivity contribution in [3.8, 4) is 5.75 Å². The number of aliphatic imine (C=N–C) groups is 1. The summed E-state index contributed by atoms with van der Waals surface area (Å²) in [6.45, 7) is 11.4. The Kier molecular flexibility index (Phi) is 9.34. The number of nitrogens with zero attached hydrogens (tertiary/aromatic N) is 2. The van der Waals surface area contributed by atoms with Crippen molar-refractivity contribution >= 4 is 5.96 Å². The molecule has 1 fully saturated rings. The number of halogens is 2. The number of benzene rings is 1. The normalized spacial score (nSPS) is 16.9. The van der Waals surface area contributed by atoms with E-state index >= 15 is 0 Å². The van der Waals surface area contributed by atoms with E-state index in [2.05, 4.69) is 55.5 Å². The van der Waals surface area contributed by atoms with Crippen molar-refractivity contribution in [2.24, 2.45) is 10.9 Å². The molecular weight excluding hydrogens is 386 g/mol. The fourth-order valence-corrected chi connectivity index (χ4v) is 3.52. The summed E-state index contributed by atoms with van der Waals surface area (Å²) in [4.78, 5) is 6.17. The number of ether oxygens (including phenoxy) is 1. The first kappa shape index (κ1) is 24.4. The number of likely N-dealkylation sites (tertiary alicyclic amines) is 1. The third-order valence-corrected chi connectivity index (χ3v) is 5.47. The smallest absolute Gasteiger partial charge is 0.251 e. The van der Waals surface area contributed by atoms with Crippen LogP contribution in [0.25, 0.3) is 0 Å². The van der Waals surface area contributed by atoms with Crippen LogP contribution in [0.2, 0.25) is 0 Å². The van der Waals surface area contributed by atoms with Gasteiger partial charge in [-0.05, 0) is 36.5 Å². The Bertz CT molecular complexity index is 654. The van der Waals surface area contributed by atoms with Crippen LogP contribution in [0.15, 0.2) is 29.3 Å². The van der Waals surface area contributed by atoms with Crippen molar-refractivity contribution in [2.45, 2.75) is 58.4 Å². The van der Waals surface area contributed by atoms with Crippen LogP contribution in [0.1, 0.15) is 46.1 Å². The molecule has 0 unspecified atom stereocenters. The monoisotopic (exact) mass is 424 g/mol. The SMILES string of the molecule is CN=C(NCC(C)(C)c1ccc(OCC(C)C)cc1)NC1CCN(CC(F)F)CC1. The van der Waals surface area contributed by atoms with Gasteiger partial charge in [0.1, 0.15) is 5.75 Å². The van der Waals surface area contributed by atoms with Crippen molar-refractivity contribution in [3.63, 3.8) is 0 Å². The second-order valence-corrected chi connectivity index (χ2v) is 9.15. The fraction of sp³-hybridized carbons (Fsp3) is 0.696. The highest BCUT2D eigenvalue weighted by Crippen LogP contribution is 2.25. The fourth-order valence-electron chi connectivity index (χ4n) is 3.52. The van der Waals surface area contributed by atoms with E-state index in [4.69, 9.17) is 4.74 Å². The second-order valence-electron chi connectivity index (χ2n) is 9.15. The summed E-state index contributed by atoms with van der Waals surface area (Å²) < 4.78 is 30.8. The van der Waals surface area contributed by atoms with E-state index < -0.39 is 6.43 Å². The molecule has 5 nitrogen and oxygen atoms in total. The van der Waals surface area contributed by atoms with Crippen LogP contribution in [0.3, 0.4) is 0 Å². The molecule has 7 heteroatoms. The molecule has 1 heterocycles. The molecule has 0 bridgehead atoms. The molecule has 0 radical (unpaired) electrons. The predicted octanol–water partition coefficient (Wildman–Crippen LogP) is 3.89. The maximum Gasteiger partial charge on any atom is 0.251 e. The summed E-state index contributed by atoms with van der Waals surface area (Å²) >= 11 is 0. The van der Waals surface area contributed by atoms with Gasteiger partial charge in [0.25, 0.3) is 6.43 Å². The van der Waals surface area contributed by atoms with Gasteiger partial charge >= 0.3 is 0 Å². The quantitative estimate of drug-likeness (QED) is 0.466. The summed E-state index contributed by atoms with van der Waals surface area (Å²) in [6.07, 6.45) is -0.578. The molecular formula is C23H38F2N4O. The molecule has 1 aliphatic heterocycles. The molecule has 1 aromatic rings. The highest BCUT2D eigenvalue weighted by Gasteiger charge is 2.24. The lowest BCUT2D eigenvalue weighted by Gasteiger charge is -2.33. The van der Waals surface area contributed by atoms with Gasteiger partial charge in [0.2, 0.25) is 0 Å². The Balaban J connectivity index is 1.82. The molecule has 170 valence electrons. The van der Waals surface area contributed by atoms with Crippen LogP contribution in [0.4, 0.5) is 8.78 Å². The van der Waals surface area contributed by atoms with E-state index in [1.54, 1.807) is 7.05 Å². The maximum absolute atomic E-state index is 12.5. The molecule has 0 amide bonds. The zero-order chi connectivity index (χ0) is 22.1. The second kappa shape index (κ2) is 11.5. The highest BCUT2D eigenvalue weighted by molar-refractivity contribution is 5.80. The molecule has 0 atom stereocenters. The number of rotatable bonds is 9. The van der Waals surface area contributed by atoms with Crippen LogP contribution in [-0.4, -0.2) is 63.2 Å². The van der Waals surface area contributed by atoms with Gasteiger partial charge in [-0.3, -0.25) is 9.89 Å². The molecule has 0 aromatic heterocycles. The van der Waals surface area contributed by atoms with Gasteiger partial charge in [-0.25, -0.2) is 8.78 Å². The molecule has 2 N–H and O–H groups in total. The minimum absolute atomic E-state index is 0.0885. The number of guanidine groups is 1. The Morgan fingerprint density at radius 1 is 1.20 bits per heavy atom. The first-order valence-electron chi connectivity index (χ1n) is 10.9. The lowest BCUT2D eigenvalue weighted by Crippen LogP contribution is -2.51. The molecule has 1 aliphatic rings. The largest absolute Gasteiger partial charge is 0.493 e. The minimum Gasteiger partial charge on any atom is -0.493 e. The first-order chi connectivity index (χ1) is 14.2. The first-order valence-corrected chi connectivity index (χ1v) is 10.9. The Morgan fingerprint density at radius 2 is 1.83 bits per heavy atom. The number of hydrogen-bond donors (Lipinski definition) is 2. The summed E-state index contributed by atoms with van der Waals surface area (Å²) in [5.74, 6) is 2.15. The van der Waals surface area contributed by atoms with Crippen LogP contribution < -0.4 is 15.4 Å². The number of hydrogen-bond acceptors (Lipinski definition) is 3. The van der Waals surface area contributed by atoms with Gasteiger partial charge in [-0.15, -0.1) is 0 Å². The van der Waals surface area contributed by atoms with Gasteiger partial charge in [0.05, 0.1) is 13.2 Å². The molecule has 0 saturated carbocycles. The lowest BCUT2D eigenvalue weighted by atomic mass is 9.84. The van der Waals surface area contributed by atoms with Crippen molar-refractivity contribution in [3.05, 3.63) is 29.8 Å². The number of nitrogens with one attached hydrogen (secondary N) is 2. The average molecular weight is 425 g/mol. The van der Waals surface area contributed by atoms with Crippen LogP contribution in [-0.2, 0) is 5.41 Å². The zero-order valence-electron chi connectivity index (χ0n) is 19.0. The van der Waals surface area contributed by atoms with Crippen molar-refractivity contribution < 1.29 is 13.5 Å². The van der Waals surface area contributed by atoms with Gasteiger partial charge in [0, 0.05) is 38.1 Å². The van der Waals surface area contributed by atoms with Crippen molar-refractivity contribution in [1.29, 1.82) is 0 Å². The van der Waals surface area contributed by atoms with E-state index in [1.807, 2.05) is 17.0 Å². The molecule has 1 saturated heterocycles. The van der Waals surface area contributed by atoms with E-state index in [1.165, 1.54) is 5.56 Å². The Morgan fingerprint density at radius 3 is 2.37 bits per heavy atom. The van der Waals surface area contributed by atoms with Gasteiger partial charge in [-0.1, -0.05) is 39.8 Å². The summed E-state index contributed by atoms with van der Waals surface area (Å²) in [5.41, 5.74) is 1.14.